The molecule has 0 radical (unpaired) electrons. The summed E-state index contributed by atoms with van der Waals surface area (Å²) in [5.41, 5.74) is 3.51. The third-order valence-corrected chi connectivity index (χ3v) is 3.25. The molecule has 1 saturated heterocycles. The van der Waals surface area contributed by atoms with Crippen LogP contribution in [0.3, 0.4) is 0 Å². The maximum atomic E-state index is 12.1. The van der Waals surface area contributed by atoms with E-state index in [9.17, 15) is 4.79 Å². The summed E-state index contributed by atoms with van der Waals surface area (Å²) >= 11 is 0. The van der Waals surface area contributed by atoms with Crippen molar-refractivity contribution in [1.82, 2.24) is 10.3 Å². The van der Waals surface area contributed by atoms with Crippen molar-refractivity contribution >= 4 is 11.6 Å². The van der Waals surface area contributed by atoms with Gasteiger partial charge < -0.3 is 15.5 Å². The van der Waals surface area contributed by atoms with Gasteiger partial charge >= 0.3 is 0 Å². The first-order valence-electron chi connectivity index (χ1n) is 6.01. The molecule has 2 heterocycles. The van der Waals surface area contributed by atoms with Gasteiger partial charge in [0.2, 0.25) is 0 Å². The van der Waals surface area contributed by atoms with Gasteiger partial charge in [-0.15, -0.1) is 0 Å². The number of nitrogen functional groups attached to an aromatic ring is 1. The predicted octanol–water partition coefficient (Wildman–Crippen LogP) is 0.522. The summed E-state index contributed by atoms with van der Waals surface area (Å²) in [5.74, 6) is 5.57. The molecule has 1 aliphatic heterocycles. The maximum Gasteiger partial charge on any atom is 0.255 e. The number of hydrogen-bond donors (Lipinski definition) is 3. The van der Waals surface area contributed by atoms with E-state index in [0.717, 1.165) is 13.0 Å². The largest absolute Gasteiger partial charge is 0.381 e. The van der Waals surface area contributed by atoms with Crippen molar-refractivity contribution in [3.63, 3.8) is 0 Å². The summed E-state index contributed by atoms with van der Waals surface area (Å²) in [4.78, 5) is 16.0. The lowest BCUT2D eigenvalue weighted by molar-refractivity contribution is 0.0922. The number of aromatic nitrogens is 1. The lowest BCUT2D eigenvalue weighted by Crippen LogP contribution is -2.38. The fraction of sp³-hybridized carbons (Fsp3) is 0.500. The van der Waals surface area contributed by atoms with Crippen molar-refractivity contribution in [2.75, 3.05) is 18.6 Å². The van der Waals surface area contributed by atoms with E-state index in [-0.39, 0.29) is 11.9 Å². The molecule has 18 heavy (non-hydrogen) atoms. The van der Waals surface area contributed by atoms with Gasteiger partial charge in [-0.3, -0.25) is 15.6 Å². The van der Waals surface area contributed by atoms with Crippen molar-refractivity contribution in [1.29, 1.82) is 0 Å². The van der Waals surface area contributed by atoms with Gasteiger partial charge in [0.05, 0.1) is 17.9 Å². The van der Waals surface area contributed by atoms with Gasteiger partial charge in [-0.25, -0.2) is 0 Å². The van der Waals surface area contributed by atoms with Crippen LogP contribution in [0.15, 0.2) is 18.5 Å². The third-order valence-electron chi connectivity index (χ3n) is 3.25. The molecule has 2 unspecified atom stereocenters. The highest BCUT2D eigenvalue weighted by atomic mass is 16.5. The molecule has 0 bridgehead atoms. The fourth-order valence-electron chi connectivity index (χ4n) is 2.05. The second kappa shape index (κ2) is 5.79. The van der Waals surface area contributed by atoms with Gasteiger partial charge in [0.1, 0.15) is 0 Å². The highest BCUT2D eigenvalue weighted by molar-refractivity contribution is 5.99. The molecular formula is C12H18N4O2. The molecular weight excluding hydrogens is 232 g/mol. The van der Waals surface area contributed by atoms with Crippen molar-refractivity contribution in [2.45, 2.75) is 19.4 Å². The number of nitrogens with zero attached hydrogens (tertiary/aromatic N) is 1. The molecule has 4 N–H and O–H groups in total. The summed E-state index contributed by atoms with van der Waals surface area (Å²) in [6.07, 6.45) is 4.07. The minimum absolute atomic E-state index is 0.0748. The van der Waals surface area contributed by atoms with Crippen LogP contribution in [-0.4, -0.2) is 30.1 Å². The van der Waals surface area contributed by atoms with Crippen LogP contribution in [0, 0.1) is 5.92 Å². The van der Waals surface area contributed by atoms with E-state index in [1.54, 1.807) is 12.3 Å². The molecule has 1 amide bonds. The highest BCUT2D eigenvalue weighted by Crippen LogP contribution is 2.18. The van der Waals surface area contributed by atoms with Crippen LogP contribution in [0.25, 0.3) is 0 Å². The number of hydrazine groups is 1. The Labute approximate surface area is 106 Å². The quantitative estimate of drug-likeness (QED) is 0.535. The van der Waals surface area contributed by atoms with Gasteiger partial charge in [0.15, 0.2) is 0 Å². The summed E-state index contributed by atoms with van der Waals surface area (Å²) < 4.78 is 5.31. The van der Waals surface area contributed by atoms with Crippen LogP contribution in [-0.2, 0) is 4.74 Å². The van der Waals surface area contributed by atoms with Gasteiger partial charge in [0.25, 0.3) is 5.91 Å². The zero-order valence-corrected chi connectivity index (χ0v) is 10.3. The summed E-state index contributed by atoms with van der Waals surface area (Å²) in [5, 5.41) is 2.96. The van der Waals surface area contributed by atoms with E-state index in [1.165, 1.54) is 6.20 Å². The number of carbonyl (C=O) groups excluding carboxylic acids is 1. The first kappa shape index (κ1) is 12.8. The summed E-state index contributed by atoms with van der Waals surface area (Å²) in [6.45, 7) is 3.47. The smallest absolute Gasteiger partial charge is 0.255 e. The van der Waals surface area contributed by atoms with E-state index in [4.69, 9.17) is 10.6 Å². The Hall–Kier alpha value is -1.66. The number of amides is 1. The average molecular weight is 250 g/mol. The number of carbonyl (C=O) groups is 1. The molecule has 1 aromatic rings. The van der Waals surface area contributed by atoms with Crippen LogP contribution >= 0.6 is 0 Å². The molecule has 1 fully saturated rings. The number of nitrogens with two attached hydrogens (primary N) is 1. The molecule has 1 aromatic heterocycles. The molecule has 2 rings (SSSR count). The van der Waals surface area contributed by atoms with Gasteiger partial charge in [-0.2, -0.15) is 0 Å². The predicted molar refractivity (Wildman–Crippen MR) is 67.9 cm³/mol. The van der Waals surface area contributed by atoms with Crippen molar-refractivity contribution in [3.8, 4) is 0 Å². The minimum Gasteiger partial charge on any atom is -0.381 e. The zero-order chi connectivity index (χ0) is 13.0. The number of rotatable bonds is 4. The molecule has 0 saturated carbocycles. The topological polar surface area (TPSA) is 89.3 Å². The van der Waals surface area contributed by atoms with E-state index >= 15 is 0 Å². The monoisotopic (exact) mass is 250 g/mol. The second-order valence-corrected chi connectivity index (χ2v) is 4.45. The van der Waals surface area contributed by atoms with Crippen LogP contribution in [0.1, 0.15) is 23.7 Å². The van der Waals surface area contributed by atoms with Crippen LogP contribution in [0.5, 0.6) is 0 Å². The maximum absolute atomic E-state index is 12.1. The van der Waals surface area contributed by atoms with Gasteiger partial charge in [-0.1, -0.05) is 0 Å². The Bertz CT molecular complexity index is 418. The van der Waals surface area contributed by atoms with Crippen molar-refractivity contribution in [3.05, 3.63) is 24.0 Å². The number of anilines is 1. The van der Waals surface area contributed by atoms with Gasteiger partial charge in [-0.05, 0) is 19.4 Å². The van der Waals surface area contributed by atoms with Crippen LogP contribution < -0.4 is 16.6 Å². The standard InChI is InChI=1S/C12H18N4O2/c1-8(9-3-5-18-7-9)15-12(17)10-6-14-4-2-11(10)16-13/h2,4,6,8-9H,3,5,7,13H2,1H3,(H,14,16)(H,15,17). The van der Waals surface area contributed by atoms with Crippen LogP contribution in [0.2, 0.25) is 0 Å². The Kier molecular flexibility index (Phi) is 4.11. The van der Waals surface area contributed by atoms with Crippen LogP contribution in [0.4, 0.5) is 5.69 Å². The Morgan fingerprint density at radius 2 is 2.50 bits per heavy atom. The second-order valence-electron chi connectivity index (χ2n) is 4.45. The molecule has 98 valence electrons. The summed E-state index contributed by atoms with van der Waals surface area (Å²) in [7, 11) is 0. The highest BCUT2D eigenvalue weighted by Gasteiger charge is 2.24. The Morgan fingerprint density at radius 1 is 1.67 bits per heavy atom. The average Bonchev–Trinajstić information content (AvgIpc) is 2.92. The lowest BCUT2D eigenvalue weighted by atomic mass is 10.0. The molecule has 6 nitrogen and oxygen atoms in total. The lowest BCUT2D eigenvalue weighted by Gasteiger charge is -2.19. The number of hydrogen-bond acceptors (Lipinski definition) is 5. The SMILES string of the molecule is CC(NC(=O)c1cnccc1NN)C1CCOC1. The number of nitrogens with one attached hydrogen (secondary N) is 2. The molecule has 0 aliphatic carbocycles. The zero-order valence-electron chi connectivity index (χ0n) is 10.3. The first-order chi connectivity index (χ1) is 8.72. The molecule has 2 atom stereocenters. The first-order valence-corrected chi connectivity index (χ1v) is 6.01. The number of ether oxygens (including phenoxy) is 1. The van der Waals surface area contributed by atoms with Gasteiger partial charge in [0, 0.05) is 31.0 Å². The molecule has 0 aromatic carbocycles. The molecule has 1 aliphatic rings. The summed E-state index contributed by atoms with van der Waals surface area (Å²) in [6, 6.07) is 1.74. The normalized spacial score (nSPS) is 20.4. The Balaban J connectivity index is 2.02. The van der Waals surface area contributed by atoms with Crippen molar-refractivity contribution < 1.29 is 9.53 Å². The Morgan fingerprint density at radius 3 is 3.17 bits per heavy atom. The van der Waals surface area contributed by atoms with E-state index in [1.807, 2.05) is 6.92 Å². The van der Waals surface area contributed by atoms with E-state index in [0.29, 0.717) is 23.8 Å². The molecule has 6 heteroatoms. The van der Waals surface area contributed by atoms with E-state index < -0.39 is 0 Å². The van der Waals surface area contributed by atoms with E-state index in [2.05, 4.69) is 15.7 Å². The number of pyridine rings is 1. The third kappa shape index (κ3) is 2.77. The minimum atomic E-state index is -0.171. The van der Waals surface area contributed by atoms with Crippen molar-refractivity contribution in [2.24, 2.45) is 11.8 Å². The fourth-order valence-corrected chi connectivity index (χ4v) is 2.05. The molecule has 0 spiro atoms.